The fraction of sp³-hybridized carbons (Fsp3) is 0.611. The highest BCUT2D eigenvalue weighted by atomic mass is 19.4. The van der Waals surface area contributed by atoms with Gasteiger partial charge in [-0.2, -0.15) is 13.2 Å². The third-order valence-corrected chi connectivity index (χ3v) is 5.65. The summed E-state index contributed by atoms with van der Waals surface area (Å²) in [6.07, 6.45) is -4.16. The van der Waals surface area contributed by atoms with E-state index in [0.29, 0.717) is 18.4 Å². The van der Waals surface area contributed by atoms with Gasteiger partial charge in [0.05, 0.1) is 17.0 Å². The molecule has 0 saturated heterocycles. The predicted molar refractivity (Wildman–Crippen MR) is 85.3 cm³/mol. The zero-order chi connectivity index (χ0) is 19.4. The Bertz CT molecular complexity index is 683. The zero-order valence-electron chi connectivity index (χ0n) is 14.3. The van der Waals surface area contributed by atoms with Crippen LogP contribution in [0.1, 0.15) is 49.8 Å². The lowest BCUT2D eigenvalue weighted by Crippen LogP contribution is -2.64. The molecule has 0 aliphatic heterocycles. The van der Waals surface area contributed by atoms with Gasteiger partial charge < -0.3 is 11.1 Å². The number of carbonyl (C=O) groups excluding carboxylic acids is 1. The standard InChI is InChI=1S/C18H21F5N2O/c1-11(12-2-4-13(5-3-12)18(21,22)23)25-14(26)16(10-24)6-15(7-16)8-17(19,20)9-15/h2-5,11H,6-10,24H2,1H3,(H,25,26)/t11-/m1/s1. The fourth-order valence-corrected chi connectivity index (χ4v) is 4.47. The van der Waals surface area contributed by atoms with Gasteiger partial charge in [0.25, 0.3) is 0 Å². The number of nitrogens with one attached hydrogen (secondary N) is 1. The Labute approximate surface area is 148 Å². The molecule has 0 bridgehead atoms. The second-order valence-electron chi connectivity index (χ2n) is 7.86. The van der Waals surface area contributed by atoms with E-state index in [9.17, 15) is 26.7 Å². The Morgan fingerprint density at radius 1 is 1.15 bits per heavy atom. The van der Waals surface area contributed by atoms with Gasteiger partial charge in [0.15, 0.2) is 0 Å². The molecule has 0 unspecified atom stereocenters. The van der Waals surface area contributed by atoms with Gasteiger partial charge in [-0.05, 0) is 42.9 Å². The molecule has 144 valence electrons. The molecular formula is C18H21F5N2O. The number of rotatable bonds is 4. The summed E-state index contributed by atoms with van der Waals surface area (Å²) in [5, 5.41) is 2.77. The lowest BCUT2D eigenvalue weighted by Gasteiger charge is -2.62. The van der Waals surface area contributed by atoms with Gasteiger partial charge in [-0.3, -0.25) is 4.79 Å². The summed E-state index contributed by atoms with van der Waals surface area (Å²) >= 11 is 0. The maximum absolute atomic E-state index is 13.1. The van der Waals surface area contributed by atoms with E-state index in [1.165, 1.54) is 12.1 Å². The molecule has 1 aromatic rings. The Morgan fingerprint density at radius 3 is 2.12 bits per heavy atom. The maximum atomic E-state index is 13.1. The molecule has 8 heteroatoms. The van der Waals surface area contributed by atoms with Crippen LogP contribution in [0.2, 0.25) is 0 Å². The summed E-state index contributed by atoms with van der Waals surface area (Å²) in [4.78, 5) is 12.6. The van der Waals surface area contributed by atoms with E-state index >= 15 is 0 Å². The number of nitrogens with two attached hydrogens (primary N) is 1. The average Bonchev–Trinajstić information content (AvgIpc) is 2.48. The van der Waals surface area contributed by atoms with E-state index in [-0.39, 0.29) is 25.3 Å². The Balaban J connectivity index is 1.62. The number of hydrogen-bond acceptors (Lipinski definition) is 2. The molecule has 3 N–H and O–H groups in total. The minimum Gasteiger partial charge on any atom is -0.349 e. The smallest absolute Gasteiger partial charge is 0.349 e. The molecule has 3 nitrogen and oxygen atoms in total. The Kier molecular flexibility index (Phi) is 4.33. The van der Waals surface area contributed by atoms with E-state index in [0.717, 1.165) is 12.1 Å². The molecule has 0 heterocycles. The predicted octanol–water partition coefficient (Wildman–Crippen LogP) is 4.04. The Morgan fingerprint density at radius 2 is 1.69 bits per heavy atom. The molecular weight excluding hydrogens is 355 g/mol. The average molecular weight is 376 g/mol. The van der Waals surface area contributed by atoms with Crippen molar-refractivity contribution in [2.24, 2.45) is 16.6 Å². The van der Waals surface area contributed by atoms with Crippen LogP contribution in [0.4, 0.5) is 22.0 Å². The van der Waals surface area contributed by atoms with Crippen molar-refractivity contribution in [3.63, 3.8) is 0 Å². The monoisotopic (exact) mass is 376 g/mol. The quantitative estimate of drug-likeness (QED) is 0.780. The van der Waals surface area contributed by atoms with Gasteiger partial charge in [-0.1, -0.05) is 12.1 Å². The van der Waals surface area contributed by atoms with E-state index < -0.39 is 34.5 Å². The van der Waals surface area contributed by atoms with Crippen LogP contribution in [0.3, 0.4) is 0 Å². The summed E-state index contributed by atoms with van der Waals surface area (Å²) in [6.45, 7) is 1.72. The van der Waals surface area contributed by atoms with E-state index in [1.54, 1.807) is 6.92 Å². The van der Waals surface area contributed by atoms with Crippen LogP contribution in [0, 0.1) is 10.8 Å². The number of carbonyl (C=O) groups is 1. The normalized spacial score (nSPS) is 23.7. The van der Waals surface area contributed by atoms with Crippen molar-refractivity contribution in [2.75, 3.05) is 6.54 Å². The Hall–Kier alpha value is -1.70. The van der Waals surface area contributed by atoms with Crippen LogP contribution >= 0.6 is 0 Å². The van der Waals surface area contributed by atoms with Gasteiger partial charge in [-0.15, -0.1) is 0 Å². The molecule has 26 heavy (non-hydrogen) atoms. The van der Waals surface area contributed by atoms with Crippen LogP contribution in [0.25, 0.3) is 0 Å². The zero-order valence-corrected chi connectivity index (χ0v) is 14.3. The molecule has 1 spiro atoms. The van der Waals surface area contributed by atoms with Crippen LogP contribution in [0.15, 0.2) is 24.3 Å². The molecule has 2 aliphatic rings. The number of benzene rings is 1. The topological polar surface area (TPSA) is 55.1 Å². The molecule has 2 aliphatic carbocycles. The summed E-state index contributed by atoms with van der Waals surface area (Å²) in [5.74, 6) is -2.97. The van der Waals surface area contributed by atoms with Gasteiger partial charge in [0.2, 0.25) is 11.8 Å². The van der Waals surface area contributed by atoms with E-state index in [2.05, 4.69) is 5.32 Å². The second kappa shape index (κ2) is 5.90. The molecule has 2 fully saturated rings. The first-order chi connectivity index (χ1) is 11.9. The van der Waals surface area contributed by atoms with E-state index in [1.807, 2.05) is 0 Å². The number of hydrogen-bond donors (Lipinski definition) is 2. The lowest BCUT2D eigenvalue weighted by molar-refractivity contribution is -0.228. The summed E-state index contributed by atoms with van der Waals surface area (Å²) < 4.78 is 64.1. The van der Waals surface area contributed by atoms with Gasteiger partial charge in [0.1, 0.15) is 0 Å². The van der Waals surface area contributed by atoms with Crippen molar-refractivity contribution < 1.29 is 26.7 Å². The first kappa shape index (κ1) is 19.1. The van der Waals surface area contributed by atoms with E-state index in [4.69, 9.17) is 5.73 Å². The van der Waals surface area contributed by atoms with Crippen LogP contribution in [-0.4, -0.2) is 18.4 Å². The van der Waals surface area contributed by atoms with Crippen LogP contribution in [-0.2, 0) is 11.0 Å². The van der Waals surface area contributed by atoms with Crippen LogP contribution < -0.4 is 11.1 Å². The maximum Gasteiger partial charge on any atom is 0.416 e. The highest BCUT2D eigenvalue weighted by Crippen LogP contribution is 2.68. The minimum atomic E-state index is -4.42. The summed E-state index contributed by atoms with van der Waals surface area (Å²) in [6, 6.07) is 4.05. The van der Waals surface area contributed by atoms with Gasteiger partial charge >= 0.3 is 6.18 Å². The summed E-state index contributed by atoms with van der Waals surface area (Å²) in [7, 11) is 0. The SMILES string of the molecule is C[C@@H](NC(=O)C1(CN)CC2(CC(F)(F)C2)C1)c1ccc(C(F)(F)F)cc1. The molecule has 0 aromatic heterocycles. The third kappa shape index (κ3) is 3.31. The van der Waals surface area contributed by atoms with Crippen molar-refractivity contribution in [3.8, 4) is 0 Å². The highest BCUT2D eigenvalue weighted by molar-refractivity contribution is 5.84. The molecule has 0 radical (unpaired) electrons. The van der Waals surface area contributed by atoms with Crippen molar-refractivity contribution in [2.45, 2.75) is 50.7 Å². The fourth-order valence-electron chi connectivity index (χ4n) is 4.47. The molecule has 3 rings (SSSR count). The number of alkyl halides is 5. The van der Waals surface area contributed by atoms with Crippen LogP contribution in [0.5, 0.6) is 0 Å². The molecule has 1 amide bonds. The van der Waals surface area contributed by atoms with Crippen molar-refractivity contribution >= 4 is 5.91 Å². The first-order valence-electron chi connectivity index (χ1n) is 8.47. The first-order valence-corrected chi connectivity index (χ1v) is 8.47. The molecule has 1 aromatic carbocycles. The lowest BCUT2D eigenvalue weighted by atomic mass is 9.44. The largest absolute Gasteiger partial charge is 0.416 e. The highest BCUT2D eigenvalue weighted by Gasteiger charge is 2.68. The molecule has 1 atom stereocenters. The van der Waals surface area contributed by atoms with Crippen molar-refractivity contribution in [1.29, 1.82) is 0 Å². The number of amides is 1. The summed E-state index contributed by atoms with van der Waals surface area (Å²) in [5.41, 5.74) is 4.16. The van der Waals surface area contributed by atoms with Crippen molar-refractivity contribution in [1.82, 2.24) is 5.32 Å². The number of halogens is 5. The second-order valence-corrected chi connectivity index (χ2v) is 7.86. The minimum absolute atomic E-state index is 0.0614. The van der Waals surface area contributed by atoms with Crippen molar-refractivity contribution in [3.05, 3.63) is 35.4 Å². The van der Waals surface area contributed by atoms with Gasteiger partial charge in [0, 0.05) is 19.4 Å². The third-order valence-electron chi connectivity index (χ3n) is 5.65. The van der Waals surface area contributed by atoms with Gasteiger partial charge in [-0.25, -0.2) is 8.78 Å². The molecule has 2 saturated carbocycles.